The molecule has 0 aliphatic carbocycles. The molecule has 5 heteroatoms. The molecule has 0 atom stereocenters. The molecule has 0 amide bonds. The summed E-state index contributed by atoms with van der Waals surface area (Å²) >= 11 is 1.46. The predicted molar refractivity (Wildman–Crippen MR) is 48.4 cm³/mol. The van der Waals surface area contributed by atoms with Crippen LogP contribution < -0.4 is 5.32 Å². The van der Waals surface area contributed by atoms with Crippen LogP contribution in [-0.4, -0.2) is 34.5 Å². The molecule has 68 valence electrons. The largest absolute Gasteiger partial charge is 0.394 e. The number of anilines is 1. The summed E-state index contributed by atoms with van der Waals surface area (Å²) in [4.78, 5) is 4.13. The van der Waals surface area contributed by atoms with Crippen molar-refractivity contribution in [2.24, 2.45) is 0 Å². The van der Waals surface area contributed by atoms with Crippen LogP contribution in [0.2, 0.25) is 0 Å². The molecule has 4 nitrogen and oxygen atoms in total. The van der Waals surface area contributed by atoms with Crippen LogP contribution in [0.3, 0.4) is 0 Å². The molecular formula is C7H12N2O2S. The summed E-state index contributed by atoms with van der Waals surface area (Å²) in [5, 5.41) is 23.1. The van der Waals surface area contributed by atoms with Gasteiger partial charge in [0.25, 0.3) is 0 Å². The van der Waals surface area contributed by atoms with E-state index in [2.05, 4.69) is 10.3 Å². The Bertz CT molecular complexity index is 235. The first-order chi connectivity index (χ1) is 5.76. The van der Waals surface area contributed by atoms with Crippen molar-refractivity contribution in [1.82, 2.24) is 4.98 Å². The molecule has 0 saturated carbocycles. The average molecular weight is 188 g/mol. The third-order valence-corrected chi connectivity index (χ3v) is 2.28. The first-order valence-electron chi connectivity index (χ1n) is 3.66. The van der Waals surface area contributed by atoms with Gasteiger partial charge in [0.15, 0.2) is 5.13 Å². The minimum atomic E-state index is -0.310. The first kappa shape index (κ1) is 9.44. The van der Waals surface area contributed by atoms with E-state index in [-0.39, 0.29) is 19.3 Å². The van der Waals surface area contributed by atoms with Gasteiger partial charge in [0.2, 0.25) is 0 Å². The number of aliphatic hydroxyl groups is 2. The van der Waals surface area contributed by atoms with Gasteiger partial charge >= 0.3 is 0 Å². The Hall–Kier alpha value is -0.650. The van der Waals surface area contributed by atoms with Crippen molar-refractivity contribution in [1.29, 1.82) is 0 Å². The number of thiazole rings is 1. The molecule has 0 spiro atoms. The van der Waals surface area contributed by atoms with Crippen molar-refractivity contribution in [3.05, 3.63) is 11.1 Å². The molecule has 0 aliphatic heterocycles. The van der Waals surface area contributed by atoms with E-state index in [4.69, 9.17) is 10.2 Å². The summed E-state index contributed by atoms with van der Waals surface area (Å²) in [5.41, 5.74) is 0.942. The SMILES string of the molecule is Cc1csc(NC(CO)CO)n1. The molecule has 0 aliphatic rings. The summed E-state index contributed by atoms with van der Waals surface area (Å²) in [6.45, 7) is 1.72. The minimum Gasteiger partial charge on any atom is -0.394 e. The second-order valence-corrected chi connectivity index (χ2v) is 3.36. The number of hydrogen-bond acceptors (Lipinski definition) is 5. The topological polar surface area (TPSA) is 65.4 Å². The molecule has 1 aromatic heterocycles. The molecule has 0 unspecified atom stereocenters. The van der Waals surface area contributed by atoms with Crippen LogP contribution in [-0.2, 0) is 0 Å². The maximum Gasteiger partial charge on any atom is 0.183 e. The second-order valence-electron chi connectivity index (χ2n) is 2.50. The number of rotatable bonds is 4. The lowest BCUT2D eigenvalue weighted by atomic mass is 10.3. The standard InChI is InChI=1S/C7H12N2O2S/c1-5-4-12-7(8-5)9-6(2-10)3-11/h4,6,10-11H,2-3H2,1H3,(H,8,9). The minimum absolute atomic E-state index is 0.0882. The third kappa shape index (κ3) is 2.44. The molecule has 0 bridgehead atoms. The van der Waals surface area contributed by atoms with Gasteiger partial charge in [0, 0.05) is 5.38 Å². The molecule has 0 aromatic carbocycles. The Balaban J connectivity index is 2.50. The number of nitrogens with one attached hydrogen (secondary N) is 1. The lowest BCUT2D eigenvalue weighted by Crippen LogP contribution is -2.27. The molecule has 0 fully saturated rings. The van der Waals surface area contributed by atoms with E-state index in [1.807, 2.05) is 12.3 Å². The van der Waals surface area contributed by atoms with E-state index >= 15 is 0 Å². The quantitative estimate of drug-likeness (QED) is 0.632. The Labute approximate surface area is 74.9 Å². The van der Waals surface area contributed by atoms with E-state index in [0.717, 1.165) is 10.8 Å². The van der Waals surface area contributed by atoms with Crippen LogP contribution in [0, 0.1) is 6.92 Å². The van der Waals surface area contributed by atoms with Crippen LogP contribution in [0.4, 0.5) is 5.13 Å². The van der Waals surface area contributed by atoms with E-state index in [0.29, 0.717) is 0 Å². The lowest BCUT2D eigenvalue weighted by Gasteiger charge is -2.11. The molecule has 0 radical (unpaired) electrons. The van der Waals surface area contributed by atoms with Gasteiger partial charge in [-0.15, -0.1) is 11.3 Å². The molecule has 0 saturated heterocycles. The maximum absolute atomic E-state index is 8.75. The van der Waals surface area contributed by atoms with Crippen LogP contribution in [0.15, 0.2) is 5.38 Å². The van der Waals surface area contributed by atoms with Gasteiger partial charge in [-0.25, -0.2) is 4.98 Å². The second kappa shape index (κ2) is 4.39. The van der Waals surface area contributed by atoms with Crippen LogP contribution in [0.1, 0.15) is 5.69 Å². The molecule has 1 rings (SSSR count). The molecule has 12 heavy (non-hydrogen) atoms. The fourth-order valence-electron chi connectivity index (χ4n) is 0.744. The number of aliphatic hydroxyl groups excluding tert-OH is 2. The van der Waals surface area contributed by atoms with Gasteiger partial charge in [-0.2, -0.15) is 0 Å². The molecule has 3 N–H and O–H groups in total. The summed E-state index contributed by atoms with van der Waals surface area (Å²) < 4.78 is 0. The Morgan fingerprint density at radius 2 is 2.25 bits per heavy atom. The average Bonchev–Trinajstić information content (AvgIpc) is 2.47. The monoisotopic (exact) mass is 188 g/mol. The number of aromatic nitrogens is 1. The van der Waals surface area contributed by atoms with Gasteiger partial charge in [-0.05, 0) is 6.92 Å². The lowest BCUT2D eigenvalue weighted by molar-refractivity contribution is 0.204. The highest BCUT2D eigenvalue weighted by Gasteiger charge is 2.06. The predicted octanol–water partition coefficient (Wildman–Crippen LogP) is 0.217. The van der Waals surface area contributed by atoms with Gasteiger partial charge in [-0.3, -0.25) is 0 Å². The van der Waals surface area contributed by atoms with Gasteiger partial charge < -0.3 is 15.5 Å². The van der Waals surface area contributed by atoms with Crippen LogP contribution >= 0.6 is 11.3 Å². The zero-order chi connectivity index (χ0) is 8.97. The summed E-state index contributed by atoms with van der Waals surface area (Å²) in [6.07, 6.45) is 0. The fraction of sp³-hybridized carbons (Fsp3) is 0.571. The summed E-state index contributed by atoms with van der Waals surface area (Å²) in [7, 11) is 0. The number of nitrogens with zero attached hydrogens (tertiary/aromatic N) is 1. The van der Waals surface area contributed by atoms with E-state index in [9.17, 15) is 0 Å². The van der Waals surface area contributed by atoms with Crippen LogP contribution in [0.25, 0.3) is 0 Å². The van der Waals surface area contributed by atoms with Crippen molar-refractivity contribution in [3.8, 4) is 0 Å². The van der Waals surface area contributed by atoms with E-state index in [1.165, 1.54) is 11.3 Å². The maximum atomic E-state index is 8.75. The van der Waals surface area contributed by atoms with E-state index in [1.54, 1.807) is 0 Å². The fourth-order valence-corrected chi connectivity index (χ4v) is 1.51. The Morgan fingerprint density at radius 3 is 2.67 bits per heavy atom. The normalized spacial score (nSPS) is 10.7. The zero-order valence-corrected chi connectivity index (χ0v) is 7.64. The van der Waals surface area contributed by atoms with Crippen molar-refractivity contribution in [2.75, 3.05) is 18.5 Å². The van der Waals surface area contributed by atoms with Crippen molar-refractivity contribution in [2.45, 2.75) is 13.0 Å². The van der Waals surface area contributed by atoms with Crippen molar-refractivity contribution < 1.29 is 10.2 Å². The smallest absolute Gasteiger partial charge is 0.183 e. The molecule has 1 heterocycles. The highest BCUT2D eigenvalue weighted by atomic mass is 32.1. The summed E-state index contributed by atoms with van der Waals surface area (Å²) in [5.74, 6) is 0. The van der Waals surface area contributed by atoms with Gasteiger partial charge in [0.05, 0.1) is 24.9 Å². The molecular weight excluding hydrogens is 176 g/mol. The first-order valence-corrected chi connectivity index (χ1v) is 4.54. The van der Waals surface area contributed by atoms with Gasteiger partial charge in [0.1, 0.15) is 0 Å². The van der Waals surface area contributed by atoms with Crippen molar-refractivity contribution in [3.63, 3.8) is 0 Å². The Morgan fingerprint density at radius 1 is 1.58 bits per heavy atom. The summed E-state index contributed by atoms with van der Waals surface area (Å²) in [6, 6.07) is -0.310. The molecule has 1 aromatic rings. The zero-order valence-electron chi connectivity index (χ0n) is 6.82. The number of hydrogen-bond donors (Lipinski definition) is 3. The number of aryl methyl sites for hydroxylation is 1. The van der Waals surface area contributed by atoms with Gasteiger partial charge in [-0.1, -0.05) is 0 Å². The van der Waals surface area contributed by atoms with E-state index < -0.39 is 0 Å². The highest BCUT2D eigenvalue weighted by molar-refractivity contribution is 7.13. The third-order valence-electron chi connectivity index (χ3n) is 1.39. The highest BCUT2D eigenvalue weighted by Crippen LogP contribution is 2.14. The van der Waals surface area contributed by atoms with Crippen molar-refractivity contribution >= 4 is 16.5 Å². The van der Waals surface area contributed by atoms with Crippen LogP contribution in [0.5, 0.6) is 0 Å². The Kier molecular flexibility index (Phi) is 3.46.